The van der Waals surface area contributed by atoms with E-state index in [4.69, 9.17) is 0 Å². The highest BCUT2D eigenvalue weighted by Gasteiger charge is 2.45. The summed E-state index contributed by atoms with van der Waals surface area (Å²) >= 11 is 0. The van der Waals surface area contributed by atoms with Crippen LogP contribution in [-0.4, -0.2) is 11.6 Å². The second kappa shape index (κ2) is 7.50. The molecule has 4 aromatic rings. The number of Topliss-reactive ketones (excluding diaryl/α,β-unsaturated/α-hetero) is 2. The predicted octanol–water partition coefficient (Wildman–Crippen LogP) is 7.21. The first kappa shape index (κ1) is 20.6. The van der Waals surface area contributed by atoms with Gasteiger partial charge < -0.3 is 0 Å². The highest BCUT2D eigenvalue weighted by atomic mass is 16.1. The number of carbonyl (C=O) groups is 2. The second-order valence-electron chi connectivity index (χ2n) is 9.49. The van der Waals surface area contributed by atoms with Gasteiger partial charge in [-0.05, 0) is 45.5 Å². The molecule has 0 saturated heterocycles. The molecule has 0 fully saturated rings. The van der Waals surface area contributed by atoms with Crippen LogP contribution in [0.25, 0.3) is 16.3 Å². The van der Waals surface area contributed by atoms with Gasteiger partial charge in [-0.3, -0.25) is 9.59 Å². The van der Waals surface area contributed by atoms with Crippen molar-refractivity contribution < 1.29 is 9.59 Å². The standard InChI is InChI=1S/C32H24O2/c1-20-28(21-11-5-3-6-12-21)29-27(19-32(20,2)24-15-7-4-8-16-24)30(33)25-17-22-13-9-10-14-23(22)18-26(25)31(29)34/h3-20H,1-2H3. The fraction of sp³-hybridized carbons (Fsp3) is 0.125. The quantitative estimate of drug-likeness (QED) is 0.330. The number of hydrogen-bond acceptors (Lipinski definition) is 2. The summed E-state index contributed by atoms with van der Waals surface area (Å²) in [4.78, 5) is 28.1. The maximum absolute atomic E-state index is 14.1. The number of ketones is 2. The number of benzene rings is 4. The maximum Gasteiger partial charge on any atom is 0.194 e. The first-order valence-electron chi connectivity index (χ1n) is 11.7. The number of rotatable bonds is 2. The van der Waals surface area contributed by atoms with Crippen molar-refractivity contribution in [1.29, 1.82) is 0 Å². The summed E-state index contributed by atoms with van der Waals surface area (Å²) in [7, 11) is 0. The van der Waals surface area contributed by atoms with Gasteiger partial charge in [-0.2, -0.15) is 0 Å². The van der Waals surface area contributed by atoms with Crippen LogP contribution < -0.4 is 0 Å². The Balaban J connectivity index is 1.68. The van der Waals surface area contributed by atoms with Crippen molar-refractivity contribution in [3.8, 4) is 0 Å². The Hall–Kier alpha value is -4.04. The van der Waals surface area contributed by atoms with Gasteiger partial charge in [0, 0.05) is 27.7 Å². The molecule has 2 heteroatoms. The molecule has 0 amide bonds. The third kappa shape index (κ3) is 2.88. The van der Waals surface area contributed by atoms with Crippen LogP contribution in [0.5, 0.6) is 0 Å². The van der Waals surface area contributed by atoms with Crippen LogP contribution in [0.2, 0.25) is 0 Å². The lowest BCUT2D eigenvalue weighted by Crippen LogP contribution is -2.37. The number of hydrogen-bond donors (Lipinski definition) is 0. The molecule has 6 rings (SSSR count). The van der Waals surface area contributed by atoms with Crippen molar-refractivity contribution >= 4 is 27.9 Å². The average molecular weight is 441 g/mol. The SMILES string of the molecule is CC1C(c2ccccc2)=C2C(=O)c3cc4ccccc4cc3C(=O)C2=CC1(C)c1ccccc1. The van der Waals surface area contributed by atoms with Gasteiger partial charge >= 0.3 is 0 Å². The van der Waals surface area contributed by atoms with E-state index in [9.17, 15) is 9.59 Å². The highest BCUT2D eigenvalue weighted by molar-refractivity contribution is 6.34. The average Bonchev–Trinajstić information content (AvgIpc) is 2.88. The molecular formula is C32H24O2. The molecule has 2 nitrogen and oxygen atoms in total. The van der Waals surface area contributed by atoms with Crippen molar-refractivity contribution in [1.82, 2.24) is 0 Å². The van der Waals surface area contributed by atoms with Crippen molar-refractivity contribution in [2.45, 2.75) is 19.3 Å². The molecule has 0 bridgehead atoms. The summed E-state index contributed by atoms with van der Waals surface area (Å²) in [5.41, 5.74) is 4.71. The minimum absolute atomic E-state index is 0.00481. The molecule has 0 aliphatic heterocycles. The van der Waals surface area contributed by atoms with E-state index < -0.39 is 5.41 Å². The lowest BCUT2D eigenvalue weighted by molar-refractivity contribution is 0.0970. The molecule has 0 N–H and O–H groups in total. The zero-order chi connectivity index (χ0) is 23.4. The van der Waals surface area contributed by atoms with Gasteiger partial charge in [0.25, 0.3) is 0 Å². The Labute approximate surface area is 199 Å². The molecule has 2 aliphatic rings. The van der Waals surface area contributed by atoms with Crippen LogP contribution in [-0.2, 0) is 5.41 Å². The topological polar surface area (TPSA) is 34.1 Å². The van der Waals surface area contributed by atoms with Crippen molar-refractivity contribution in [2.24, 2.45) is 5.92 Å². The molecule has 0 saturated carbocycles. The second-order valence-corrected chi connectivity index (χ2v) is 9.49. The van der Waals surface area contributed by atoms with E-state index in [-0.39, 0.29) is 17.5 Å². The van der Waals surface area contributed by atoms with Crippen LogP contribution in [0.1, 0.15) is 45.7 Å². The fourth-order valence-electron chi connectivity index (χ4n) is 5.62. The number of allylic oxidation sites excluding steroid dienone is 4. The molecule has 0 aromatic heterocycles. The molecule has 2 unspecified atom stereocenters. The summed E-state index contributed by atoms with van der Waals surface area (Å²) in [6.07, 6.45) is 2.05. The van der Waals surface area contributed by atoms with E-state index in [1.807, 2.05) is 91.0 Å². The van der Waals surface area contributed by atoms with Crippen molar-refractivity contribution in [3.63, 3.8) is 0 Å². The predicted molar refractivity (Wildman–Crippen MR) is 137 cm³/mol. The molecule has 2 aliphatic carbocycles. The Kier molecular flexibility index (Phi) is 4.53. The monoisotopic (exact) mass is 440 g/mol. The highest BCUT2D eigenvalue weighted by Crippen LogP contribution is 2.51. The summed E-state index contributed by atoms with van der Waals surface area (Å²) < 4.78 is 0. The third-order valence-electron chi connectivity index (χ3n) is 7.64. The molecule has 2 atom stereocenters. The molecule has 34 heavy (non-hydrogen) atoms. The van der Waals surface area contributed by atoms with Crippen LogP contribution in [0.3, 0.4) is 0 Å². The first-order chi connectivity index (χ1) is 16.5. The fourth-order valence-corrected chi connectivity index (χ4v) is 5.62. The minimum atomic E-state index is -0.435. The zero-order valence-electron chi connectivity index (χ0n) is 19.2. The number of carbonyl (C=O) groups excluding carboxylic acids is 2. The summed E-state index contributed by atoms with van der Waals surface area (Å²) in [5, 5.41) is 1.93. The van der Waals surface area contributed by atoms with Gasteiger partial charge in [-0.25, -0.2) is 0 Å². The van der Waals surface area contributed by atoms with E-state index in [0.717, 1.165) is 27.5 Å². The Morgan fingerprint density at radius 1 is 0.676 bits per heavy atom. The summed E-state index contributed by atoms with van der Waals surface area (Å²) in [5.74, 6) is -0.139. The van der Waals surface area contributed by atoms with Gasteiger partial charge in [-0.15, -0.1) is 0 Å². The third-order valence-corrected chi connectivity index (χ3v) is 7.64. The molecule has 4 aromatic carbocycles. The first-order valence-corrected chi connectivity index (χ1v) is 11.7. The molecular weight excluding hydrogens is 416 g/mol. The van der Waals surface area contributed by atoms with Gasteiger partial charge in [0.05, 0.1) is 0 Å². The van der Waals surface area contributed by atoms with E-state index in [0.29, 0.717) is 22.3 Å². The van der Waals surface area contributed by atoms with E-state index in [2.05, 4.69) is 26.0 Å². The van der Waals surface area contributed by atoms with Crippen molar-refractivity contribution in [3.05, 3.63) is 137 Å². The maximum atomic E-state index is 14.1. The van der Waals surface area contributed by atoms with Crippen LogP contribution in [0, 0.1) is 5.92 Å². The minimum Gasteiger partial charge on any atom is -0.289 e. The van der Waals surface area contributed by atoms with Crippen LogP contribution in [0.15, 0.2) is 114 Å². The largest absolute Gasteiger partial charge is 0.289 e. The van der Waals surface area contributed by atoms with Gasteiger partial charge in [-0.1, -0.05) is 105 Å². The Morgan fingerprint density at radius 2 is 1.21 bits per heavy atom. The van der Waals surface area contributed by atoms with Crippen LogP contribution >= 0.6 is 0 Å². The van der Waals surface area contributed by atoms with Crippen molar-refractivity contribution in [2.75, 3.05) is 0 Å². The lowest BCUT2D eigenvalue weighted by atomic mass is 9.60. The molecule has 0 heterocycles. The molecule has 0 radical (unpaired) electrons. The smallest absolute Gasteiger partial charge is 0.194 e. The summed E-state index contributed by atoms with van der Waals surface area (Å²) in [6.45, 7) is 4.34. The Bertz CT molecular complexity index is 1540. The zero-order valence-corrected chi connectivity index (χ0v) is 19.2. The Morgan fingerprint density at radius 3 is 1.82 bits per heavy atom. The van der Waals surface area contributed by atoms with E-state index >= 15 is 0 Å². The summed E-state index contributed by atoms with van der Waals surface area (Å²) in [6, 6.07) is 32.0. The molecule has 164 valence electrons. The van der Waals surface area contributed by atoms with E-state index in [1.54, 1.807) is 0 Å². The number of fused-ring (bicyclic) bond motifs is 3. The molecule has 0 spiro atoms. The van der Waals surface area contributed by atoms with E-state index in [1.165, 1.54) is 0 Å². The van der Waals surface area contributed by atoms with Gasteiger partial charge in [0.15, 0.2) is 11.6 Å². The lowest BCUT2D eigenvalue weighted by Gasteiger charge is -2.42. The van der Waals surface area contributed by atoms with Gasteiger partial charge in [0.2, 0.25) is 0 Å². The normalized spacial score (nSPS) is 21.8. The van der Waals surface area contributed by atoms with Gasteiger partial charge in [0.1, 0.15) is 0 Å². The van der Waals surface area contributed by atoms with Crippen LogP contribution in [0.4, 0.5) is 0 Å².